The summed E-state index contributed by atoms with van der Waals surface area (Å²) in [6.45, 7) is 16.0. The van der Waals surface area contributed by atoms with E-state index in [-0.39, 0.29) is 10.8 Å². The second-order valence-electron chi connectivity index (χ2n) is 9.58. The van der Waals surface area contributed by atoms with Gasteiger partial charge in [-0.25, -0.2) is 0 Å². The van der Waals surface area contributed by atoms with Crippen LogP contribution in [0.5, 0.6) is 0 Å². The molecule has 0 aromatic heterocycles. The van der Waals surface area contributed by atoms with Crippen LogP contribution in [-0.4, -0.2) is 106 Å². The predicted octanol–water partition coefficient (Wildman–Crippen LogP) is 2.72. The molecule has 0 aliphatic carbocycles. The van der Waals surface area contributed by atoms with Crippen LogP contribution in [0.1, 0.15) is 39.5 Å². The van der Waals surface area contributed by atoms with Crippen LogP contribution >= 0.6 is 0 Å². The first-order chi connectivity index (χ1) is 15.6. The quantitative estimate of drug-likeness (QED) is 0.215. The van der Waals surface area contributed by atoms with Gasteiger partial charge in [0.2, 0.25) is 0 Å². The number of hydrogen-bond donors (Lipinski definition) is 0. The lowest BCUT2D eigenvalue weighted by molar-refractivity contribution is -0.138. The zero-order valence-corrected chi connectivity index (χ0v) is 20.4. The van der Waals surface area contributed by atoms with Gasteiger partial charge in [-0.3, -0.25) is 0 Å². The highest BCUT2D eigenvalue weighted by Crippen LogP contribution is 2.27. The van der Waals surface area contributed by atoms with Crippen LogP contribution in [0.4, 0.5) is 0 Å². The van der Waals surface area contributed by atoms with E-state index in [9.17, 15) is 0 Å². The van der Waals surface area contributed by atoms with E-state index >= 15 is 0 Å². The number of ether oxygens (including phenoxy) is 8. The fourth-order valence-electron chi connectivity index (χ4n) is 3.28. The Kier molecular flexibility index (Phi) is 15.0. The molecule has 0 bridgehead atoms. The first-order valence-corrected chi connectivity index (χ1v) is 12.2. The lowest BCUT2D eigenvalue weighted by Gasteiger charge is -2.37. The fourth-order valence-corrected chi connectivity index (χ4v) is 3.28. The van der Waals surface area contributed by atoms with Crippen LogP contribution in [-0.2, 0) is 37.9 Å². The molecule has 2 saturated heterocycles. The molecule has 8 heteroatoms. The first kappa shape index (κ1) is 27.9. The van der Waals surface area contributed by atoms with Crippen molar-refractivity contribution in [2.75, 3.05) is 106 Å². The average molecular weight is 463 g/mol. The summed E-state index contributed by atoms with van der Waals surface area (Å²) in [6.07, 6.45) is 4.07. The Hall–Kier alpha value is -0.320. The van der Waals surface area contributed by atoms with Crippen molar-refractivity contribution in [1.29, 1.82) is 0 Å². The van der Waals surface area contributed by atoms with Gasteiger partial charge in [-0.1, -0.05) is 13.8 Å². The van der Waals surface area contributed by atoms with Crippen LogP contribution in [0.3, 0.4) is 0 Å². The summed E-state index contributed by atoms with van der Waals surface area (Å²) in [5, 5.41) is 0. The molecule has 190 valence electrons. The summed E-state index contributed by atoms with van der Waals surface area (Å²) < 4.78 is 44.0. The van der Waals surface area contributed by atoms with E-state index in [1.54, 1.807) is 0 Å². The third kappa shape index (κ3) is 13.4. The molecule has 32 heavy (non-hydrogen) atoms. The predicted molar refractivity (Wildman–Crippen MR) is 121 cm³/mol. The van der Waals surface area contributed by atoms with Gasteiger partial charge in [-0.05, 0) is 25.7 Å². The molecule has 0 unspecified atom stereocenters. The molecule has 2 aliphatic heterocycles. The Bertz CT molecular complexity index is 400. The van der Waals surface area contributed by atoms with Gasteiger partial charge >= 0.3 is 0 Å². The molecule has 0 spiro atoms. The smallest absolute Gasteiger partial charge is 0.0701 e. The van der Waals surface area contributed by atoms with Crippen LogP contribution < -0.4 is 0 Å². The molecular weight excluding hydrogens is 416 g/mol. The van der Waals surface area contributed by atoms with Gasteiger partial charge < -0.3 is 37.9 Å². The topological polar surface area (TPSA) is 73.8 Å². The minimum absolute atomic E-state index is 0.240. The molecule has 0 aromatic rings. The highest BCUT2D eigenvalue weighted by Gasteiger charge is 2.34. The van der Waals surface area contributed by atoms with E-state index in [2.05, 4.69) is 13.8 Å². The van der Waals surface area contributed by atoms with Gasteiger partial charge in [0.1, 0.15) is 0 Å². The van der Waals surface area contributed by atoms with Gasteiger partial charge in [-0.2, -0.15) is 0 Å². The van der Waals surface area contributed by atoms with Crippen molar-refractivity contribution in [3.8, 4) is 0 Å². The molecule has 0 amide bonds. The summed E-state index contributed by atoms with van der Waals surface area (Å²) >= 11 is 0. The maximum absolute atomic E-state index is 5.70. The lowest BCUT2D eigenvalue weighted by Crippen LogP contribution is -2.43. The normalized spacial score (nSPS) is 18.9. The number of unbranched alkanes of at least 4 members (excludes halogenated alkanes) is 2. The third-order valence-corrected chi connectivity index (χ3v) is 5.47. The maximum atomic E-state index is 5.70. The van der Waals surface area contributed by atoms with Crippen molar-refractivity contribution in [2.24, 2.45) is 10.8 Å². The van der Waals surface area contributed by atoms with Crippen molar-refractivity contribution in [3.63, 3.8) is 0 Å². The monoisotopic (exact) mass is 462 g/mol. The molecule has 2 rings (SSSR count). The lowest BCUT2D eigenvalue weighted by atomic mass is 9.90. The average Bonchev–Trinajstić information content (AvgIpc) is 2.74. The summed E-state index contributed by atoms with van der Waals surface area (Å²) in [6, 6.07) is 0. The van der Waals surface area contributed by atoms with Crippen LogP contribution in [0, 0.1) is 10.8 Å². The van der Waals surface area contributed by atoms with E-state index in [1.165, 1.54) is 0 Å². The molecule has 2 heterocycles. The highest BCUT2D eigenvalue weighted by atomic mass is 16.6. The fraction of sp³-hybridized carbons (Fsp3) is 1.00. The third-order valence-electron chi connectivity index (χ3n) is 5.47. The largest absolute Gasteiger partial charge is 0.381 e. The van der Waals surface area contributed by atoms with E-state index in [0.717, 1.165) is 91.8 Å². The van der Waals surface area contributed by atoms with Crippen molar-refractivity contribution in [1.82, 2.24) is 0 Å². The van der Waals surface area contributed by atoms with Gasteiger partial charge in [0.25, 0.3) is 0 Å². The van der Waals surface area contributed by atoms with Gasteiger partial charge in [-0.15, -0.1) is 0 Å². The van der Waals surface area contributed by atoms with E-state index in [1.807, 2.05) is 0 Å². The van der Waals surface area contributed by atoms with Gasteiger partial charge in [0.15, 0.2) is 0 Å². The summed E-state index contributed by atoms with van der Waals surface area (Å²) in [4.78, 5) is 0. The Balaban J connectivity index is 1.16. The molecule has 8 nitrogen and oxygen atoms in total. The van der Waals surface area contributed by atoms with Crippen LogP contribution in [0.15, 0.2) is 0 Å². The summed E-state index contributed by atoms with van der Waals surface area (Å²) in [5.41, 5.74) is 0.481. The van der Waals surface area contributed by atoms with Crippen molar-refractivity contribution in [2.45, 2.75) is 39.5 Å². The minimum Gasteiger partial charge on any atom is -0.381 e. The maximum Gasteiger partial charge on any atom is 0.0701 e. The Labute approximate surface area is 194 Å². The SMILES string of the molecule is CC1(COCCCCOCCOCCOCCOCCCCOCC2(C)COC2)COC1. The molecule has 0 N–H and O–H groups in total. The van der Waals surface area contributed by atoms with Crippen molar-refractivity contribution in [3.05, 3.63) is 0 Å². The molecule has 0 saturated carbocycles. The molecule has 2 fully saturated rings. The second-order valence-corrected chi connectivity index (χ2v) is 9.58. The van der Waals surface area contributed by atoms with Crippen molar-refractivity contribution < 1.29 is 37.9 Å². The van der Waals surface area contributed by atoms with E-state index in [4.69, 9.17) is 37.9 Å². The minimum atomic E-state index is 0.240. The first-order valence-electron chi connectivity index (χ1n) is 12.2. The standard InChI is InChI=1S/C24H46O8/c1-23(19-31-20-23)17-29-9-5-3-7-25-11-13-27-15-16-28-14-12-26-8-4-6-10-30-18-24(2)21-32-22-24/h3-22H2,1-2H3. The molecule has 0 radical (unpaired) electrons. The van der Waals surface area contributed by atoms with E-state index < -0.39 is 0 Å². The van der Waals surface area contributed by atoms with Crippen LogP contribution in [0.2, 0.25) is 0 Å². The van der Waals surface area contributed by atoms with Crippen LogP contribution in [0.25, 0.3) is 0 Å². The zero-order valence-electron chi connectivity index (χ0n) is 20.4. The zero-order chi connectivity index (χ0) is 22.8. The summed E-state index contributed by atoms with van der Waals surface area (Å²) in [5.74, 6) is 0. The molecular formula is C24H46O8. The van der Waals surface area contributed by atoms with E-state index in [0.29, 0.717) is 39.6 Å². The highest BCUT2D eigenvalue weighted by molar-refractivity contribution is 4.80. The number of rotatable bonds is 23. The summed E-state index contributed by atoms with van der Waals surface area (Å²) in [7, 11) is 0. The molecule has 0 aromatic carbocycles. The second kappa shape index (κ2) is 17.2. The van der Waals surface area contributed by atoms with Gasteiger partial charge in [0.05, 0.1) is 79.3 Å². The number of hydrogen-bond acceptors (Lipinski definition) is 8. The molecule has 0 atom stereocenters. The Morgan fingerprint density at radius 1 is 0.438 bits per heavy atom. The van der Waals surface area contributed by atoms with Gasteiger partial charge in [0, 0.05) is 37.3 Å². The Morgan fingerprint density at radius 3 is 1.00 bits per heavy atom. The Morgan fingerprint density at radius 2 is 0.719 bits per heavy atom. The molecule has 2 aliphatic rings. The van der Waals surface area contributed by atoms with Crippen molar-refractivity contribution >= 4 is 0 Å².